The van der Waals surface area contributed by atoms with Crippen LogP contribution in [0.1, 0.15) is 29.2 Å². The number of fused-ring (bicyclic) bond motifs is 2. The number of oxime groups is 1. The SMILES string of the molecule is COc1ccc(C(C[C@@H]2c3c(cc4c(c3OC)OCO4)CCN2C)=NO)c(OC)c1. The fourth-order valence-electron chi connectivity index (χ4n) is 4.21. The highest BCUT2D eigenvalue weighted by Gasteiger charge is 2.35. The zero-order valence-corrected chi connectivity index (χ0v) is 17.6. The molecular weight excluding hydrogens is 388 g/mol. The number of rotatable bonds is 6. The summed E-state index contributed by atoms with van der Waals surface area (Å²) in [4.78, 5) is 2.23. The maximum atomic E-state index is 9.88. The number of methoxy groups -OCH3 is 3. The smallest absolute Gasteiger partial charge is 0.231 e. The van der Waals surface area contributed by atoms with E-state index in [-0.39, 0.29) is 12.8 Å². The van der Waals surface area contributed by atoms with Crippen LogP contribution >= 0.6 is 0 Å². The van der Waals surface area contributed by atoms with Gasteiger partial charge in [0.2, 0.25) is 12.5 Å². The minimum atomic E-state index is -0.0732. The van der Waals surface area contributed by atoms with Gasteiger partial charge in [-0.2, -0.15) is 0 Å². The quantitative estimate of drug-likeness (QED) is 0.441. The van der Waals surface area contributed by atoms with Crippen molar-refractivity contribution < 1.29 is 28.9 Å². The molecule has 0 unspecified atom stereocenters. The summed E-state index contributed by atoms with van der Waals surface area (Å²) in [5.74, 6) is 3.26. The summed E-state index contributed by atoms with van der Waals surface area (Å²) in [7, 11) is 6.87. The number of nitrogens with zero attached hydrogens (tertiary/aromatic N) is 2. The third-order valence-electron chi connectivity index (χ3n) is 5.77. The molecule has 1 atom stereocenters. The molecule has 2 heterocycles. The van der Waals surface area contributed by atoms with E-state index in [1.807, 2.05) is 18.2 Å². The van der Waals surface area contributed by atoms with Crippen LogP contribution < -0.4 is 23.7 Å². The van der Waals surface area contributed by atoms with Gasteiger partial charge in [0.1, 0.15) is 11.5 Å². The average molecular weight is 414 g/mol. The summed E-state index contributed by atoms with van der Waals surface area (Å²) in [6.45, 7) is 1.04. The van der Waals surface area contributed by atoms with Crippen molar-refractivity contribution in [2.75, 3.05) is 41.7 Å². The van der Waals surface area contributed by atoms with Crippen LogP contribution in [0.4, 0.5) is 0 Å². The first kappa shape index (κ1) is 20.2. The van der Waals surface area contributed by atoms with Crippen molar-refractivity contribution in [1.82, 2.24) is 4.90 Å². The van der Waals surface area contributed by atoms with Crippen LogP contribution in [0.15, 0.2) is 29.4 Å². The molecule has 0 bridgehead atoms. The minimum Gasteiger partial charge on any atom is -0.497 e. The summed E-state index contributed by atoms with van der Waals surface area (Å²) in [5.41, 5.74) is 3.40. The zero-order chi connectivity index (χ0) is 21.3. The first-order valence-electron chi connectivity index (χ1n) is 9.74. The predicted molar refractivity (Wildman–Crippen MR) is 111 cm³/mol. The Kier molecular flexibility index (Phi) is 5.59. The molecule has 0 saturated heterocycles. The molecule has 8 heteroatoms. The molecule has 0 fully saturated rings. The van der Waals surface area contributed by atoms with Crippen molar-refractivity contribution in [1.29, 1.82) is 0 Å². The lowest BCUT2D eigenvalue weighted by atomic mass is 9.87. The Bertz CT molecular complexity index is 975. The number of likely N-dealkylation sites (N-methyl/N-ethyl adjacent to an activating group) is 1. The van der Waals surface area contributed by atoms with Crippen molar-refractivity contribution in [2.45, 2.75) is 18.9 Å². The Morgan fingerprint density at radius 2 is 2.00 bits per heavy atom. The van der Waals surface area contributed by atoms with E-state index >= 15 is 0 Å². The van der Waals surface area contributed by atoms with Gasteiger partial charge in [-0.25, -0.2) is 0 Å². The molecule has 4 rings (SSSR count). The van der Waals surface area contributed by atoms with Gasteiger partial charge in [0.15, 0.2) is 11.5 Å². The van der Waals surface area contributed by atoms with Crippen LogP contribution in [0.25, 0.3) is 0 Å². The number of benzene rings is 2. The Balaban J connectivity index is 1.75. The minimum absolute atomic E-state index is 0.0732. The third kappa shape index (κ3) is 3.37. The molecule has 0 aromatic heterocycles. The molecule has 2 aliphatic heterocycles. The molecule has 2 aromatic rings. The van der Waals surface area contributed by atoms with Crippen molar-refractivity contribution in [3.8, 4) is 28.7 Å². The summed E-state index contributed by atoms with van der Waals surface area (Å²) < 4.78 is 27.8. The molecule has 30 heavy (non-hydrogen) atoms. The average Bonchev–Trinajstić information content (AvgIpc) is 3.25. The number of hydrogen-bond acceptors (Lipinski definition) is 8. The monoisotopic (exact) mass is 414 g/mol. The molecule has 160 valence electrons. The topological polar surface area (TPSA) is 82.0 Å². The Morgan fingerprint density at radius 1 is 1.17 bits per heavy atom. The van der Waals surface area contributed by atoms with Gasteiger partial charge in [-0.1, -0.05) is 5.16 Å². The van der Waals surface area contributed by atoms with Gasteiger partial charge in [0, 0.05) is 36.2 Å². The van der Waals surface area contributed by atoms with Crippen LogP contribution in [-0.4, -0.2) is 57.5 Å². The summed E-state index contributed by atoms with van der Waals surface area (Å²) in [6, 6.07) is 7.39. The lowest BCUT2D eigenvalue weighted by Gasteiger charge is -2.36. The lowest BCUT2D eigenvalue weighted by Crippen LogP contribution is -2.34. The van der Waals surface area contributed by atoms with Gasteiger partial charge in [-0.15, -0.1) is 0 Å². The molecule has 8 nitrogen and oxygen atoms in total. The van der Waals surface area contributed by atoms with Crippen LogP contribution in [0.3, 0.4) is 0 Å². The largest absolute Gasteiger partial charge is 0.497 e. The van der Waals surface area contributed by atoms with E-state index in [9.17, 15) is 5.21 Å². The van der Waals surface area contributed by atoms with Gasteiger partial charge in [-0.05, 0) is 37.2 Å². The maximum absolute atomic E-state index is 9.88. The first-order chi connectivity index (χ1) is 14.6. The summed E-state index contributed by atoms with van der Waals surface area (Å²) in [6.07, 6.45) is 1.32. The first-order valence-corrected chi connectivity index (χ1v) is 9.74. The van der Waals surface area contributed by atoms with Crippen molar-refractivity contribution in [2.24, 2.45) is 5.16 Å². The molecule has 0 amide bonds. The predicted octanol–water partition coefficient (Wildman–Crippen LogP) is 3.24. The van der Waals surface area contributed by atoms with Crippen LogP contribution in [0.5, 0.6) is 28.7 Å². The standard InChI is InChI=1S/C22H26N2O6/c1-24-8-7-13-9-19-21(30-12-29-19)22(28-4)20(13)17(24)11-16(23-25)15-6-5-14(26-2)10-18(15)27-3/h5-6,9-10,17,25H,7-8,11-12H2,1-4H3/t17-/m1/s1. The molecular formula is C22H26N2O6. The van der Waals surface area contributed by atoms with E-state index in [2.05, 4.69) is 17.1 Å². The Hall–Kier alpha value is -3.13. The van der Waals surface area contributed by atoms with Crippen molar-refractivity contribution in [3.63, 3.8) is 0 Å². The van der Waals surface area contributed by atoms with Gasteiger partial charge in [0.05, 0.1) is 27.0 Å². The molecule has 2 aliphatic rings. The van der Waals surface area contributed by atoms with Gasteiger partial charge < -0.3 is 28.9 Å². The van der Waals surface area contributed by atoms with Crippen LogP contribution in [-0.2, 0) is 6.42 Å². The van der Waals surface area contributed by atoms with E-state index in [4.69, 9.17) is 23.7 Å². The van der Waals surface area contributed by atoms with Crippen LogP contribution in [0, 0.1) is 0 Å². The Labute approximate surface area is 175 Å². The normalized spacial score (nSPS) is 18.1. The number of hydrogen-bond donors (Lipinski definition) is 1. The van der Waals surface area contributed by atoms with E-state index in [1.54, 1.807) is 27.4 Å². The highest BCUT2D eigenvalue weighted by molar-refractivity contribution is 6.03. The third-order valence-corrected chi connectivity index (χ3v) is 5.77. The summed E-state index contributed by atoms with van der Waals surface area (Å²) >= 11 is 0. The van der Waals surface area contributed by atoms with E-state index < -0.39 is 0 Å². The van der Waals surface area contributed by atoms with E-state index in [0.717, 1.165) is 24.1 Å². The molecule has 0 spiro atoms. The number of ether oxygens (including phenoxy) is 5. The molecule has 0 radical (unpaired) electrons. The van der Waals surface area contributed by atoms with Crippen molar-refractivity contribution in [3.05, 3.63) is 41.0 Å². The van der Waals surface area contributed by atoms with Gasteiger partial charge in [0.25, 0.3) is 0 Å². The van der Waals surface area contributed by atoms with E-state index in [1.165, 1.54) is 0 Å². The zero-order valence-electron chi connectivity index (χ0n) is 17.6. The maximum Gasteiger partial charge on any atom is 0.231 e. The highest BCUT2D eigenvalue weighted by Crippen LogP contribution is 2.50. The van der Waals surface area contributed by atoms with Crippen molar-refractivity contribution >= 4 is 5.71 Å². The highest BCUT2D eigenvalue weighted by atomic mass is 16.7. The molecule has 1 N–H and O–H groups in total. The molecule has 0 aliphatic carbocycles. The van der Waals surface area contributed by atoms with Gasteiger partial charge >= 0.3 is 0 Å². The second-order valence-electron chi connectivity index (χ2n) is 7.28. The van der Waals surface area contributed by atoms with Gasteiger partial charge in [-0.3, -0.25) is 4.90 Å². The van der Waals surface area contributed by atoms with Crippen LogP contribution in [0.2, 0.25) is 0 Å². The second kappa shape index (κ2) is 8.31. The summed E-state index contributed by atoms with van der Waals surface area (Å²) in [5, 5.41) is 13.5. The second-order valence-corrected chi connectivity index (χ2v) is 7.28. The molecule has 2 aromatic carbocycles. The lowest BCUT2D eigenvalue weighted by molar-refractivity contribution is 0.170. The molecule has 0 saturated carbocycles. The fourth-order valence-corrected chi connectivity index (χ4v) is 4.21. The Morgan fingerprint density at radius 3 is 2.70 bits per heavy atom. The fraction of sp³-hybridized carbons (Fsp3) is 0.409. The van der Waals surface area contributed by atoms with E-state index in [0.29, 0.717) is 46.4 Å².